The van der Waals surface area contributed by atoms with Gasteiger partial charge in [-0.3, -0.25) is 0 Å². The lowest BCUT2D eigenvalue weighted by Crippen LogP contribution is -2.63. The summed E-state index contributed by atoms with van der Waals surface area (Å²) >= 11 is 0. The molecular formula is C13H23FO9. The van der Waals surface area contributed by atoms with Gasteiger partial charge in [0.25, 0.3) is 0 Å². The Bertz CT molecular complexity index is 384. The van der Waals surface area contributed by atoms with Crippen LogP contribution in [0.2, 0.25) is 0 Å². The van der Waals surface area contributed by atoms with Crippen LogP contribution in [-0.4, -0.2) is 101 Å². The van der Waals surface area contributed by atoms with E-state index in [0.29, 0.717) is 0 Å². The topological polar surface area (TPSA) is 138 Å². The van der Waals surface area contributed by atoms with Gasteiger partial charge >= 0.3 is 0 Å². The van der Waals surface area contributed by atoms with Crippen molar-refractivity contribution < 1.29 is 48.9 Å². The molecule has 2 saturated heterocycles. The second kappa shape index (κ2) is 7.64. The summed E-state index contributed by atoms with van der Waals surface area (Å²) < 4.78 is 35.0. The molecular weight excluding hydrogens is 319 g/mol. The average molecular weight is 342 g/mol. The number of aliphatic hydroxyl groups is 5. The summed E-state index contributed by atoms with van der Waals surface area (Å²) in [4.78, 5) is 0. The molecule has 136 valence electrons. The lowest BCUT2D eigenvalue weighted by Gasteiger charge is -2.44. The van der Waals surface area contributed by atoms with Crippen molar-refractivity contribution in [1.29, 1.82) is 0 Å². The fourth-order valence-electron chi connectivity index (χ4n) is 2.64. The Balaban J connectivity index is 2.10. The molecule has 0 saturated carbocycles. The van der Waals surface area contributed by atoms with Crippen molar-refractivity contribution >= 4 is 0 Å². The van der Waals surface area contributed by atoms with Crippen molar-refractivity contribution in [3.63, 3.8) is 0 Å². The molecule has 2 heterocycles. The first-order valence-electron chi connectivity index (χ1n) is 7.28. The van der Waals surface area contributed by atoms with Crippen LogP contribution in [0.15, 0.2) is 0 Å². The molecule has 0 aromatic carbocycles. The molecule has 5 N–H and O–H groups in total. The van der Waals surface area contributed by atoms with Crippen LogP contribution in [0.5, 0.6) is 0 Å². The quantitative estimate of drug-likeness (QED) is 0.368. The zero-order valence-corrected chi connectivity index (χ0v) is 12.7. The fraction of sp³-hybridized carbons (Fsp3) is 1.00. The maximum Gasteiger partial charge on any atom is 0.187 e. The molecule has 0 unspecified atom stereocenters. The predicted molar refractivity (Wildman–Crippen MR) is 70.9 cm³/mol. The number of ether oxygens (including phenoxy) is 4. The van der Waals surface area contributed by atoms with Gasteiger partial charge in [-0.2, -0.15) is 0 Å². The van der Waals surface area contributed by atoms with E-state index in [0.717, 1.165) is 0 Å². The van der Waals surface area contributed by atoms with E-state index in [4.69, 9.17) is 24.1 Å². The van der Waals surface area contributed by atoms with Gasteiger partial charge in [-0.15, -0.1) is 0 Å². The Kier molecular flexibility index (Phi) is 6.28. The average Bonchev–Trinajstić information content (AvgIpc) is 2.54. The maximum atomic E-state index is 14.4. The van der Waals surface area contributed by atoms with Crippen LogP contribution in [0.4, 0.5) is 4.39 Å². The van der Waals surface area contributed by atoms with Crippen molar-refractivity contribution in [3.05, 3.63) is 0 Å². The first-order chi connectivity index (χ1) is 10.8. The van der Waals surface area contributed by atoms with Crippen LogP contribution in [0.3, 0.4) is 0 Å². The third-order valence-corrected chi connectivity index (χ3v) is 4.11. The third-order valence-electron chi connectivity index (χ3n) is 4.11. The monoisotopic (exact) mass is 342 g/mol. The minimum Gasteiger partial charge on any atom is -0.394 e. The molecule has 10 atom stereocenters. The molecule has 0 aromatic heterocycles. The molecule has 0 radical (unpaired) electrons. The number of methoxy groups -OCH3 is 1. The smallest absolute Gasteiger partial charge is 0.187 e. The van der Waals surface area contributed by atoms with Gasteiger partial charge in [0.05, 0.1) is 12.7 Å². The molecule has 0 bridgehead atoms. The van der Waals surface area contributed by atoms with Crippen LogP contribution >= 0.6 is 0 Å². The summed E-state index contributed by atoms with van der Waals surface area (Å²) in [5.74, 6) is 0. The van der Waals surface area contributed by atoms with E-state index in [2.05, 4.69) is 0 Å². The van der Waals surface area contributed by atoms with Gasteiger partial charge in [0, 0.05) is 7.11 Å². The highest BCUT2D eigenvalue weighted by Crippen LogP contribution is 2.30. The van der Waals surface area contributed by atoms with E-state index in [9.17, 15) is 24.8 Å². The van der Waals surface area contributed by atoms with Crippen LogP contribution < -0.4 is 0 Å². The molecule has 9 nitrogen and oxygen atoms in total. The first kappa shape index (κ1) is 18.9. The van der Waals surface area contributed by atoms with Crippen molar-refractivity contribution in [3.8, 4) is 0 Å². The summed E-state index contributed by atoms with van der Waals surface area (Å²) in [6.45, 7) is 0.837. The summed E-state index contributed by atoms with van der Waals surface area (Å²) in [5, 5.41) is 48.1. The Morgan fingerprint density at radius 3 is 2.17 bits per heavy atom. The number of aliphatic hydroxyl groups excluding tert-OH is 5. The summed E-state index contributed by atoms with van der Waals surface area (Å²) in [7, 11) is 1.22. The van der Waals surface area contributed by atoms with Crippen molar-refractivity contribution in [1.82, 2.24) is 0 Å². The van der Waals surface area contributed by atoms with E-state index in [1.807, 2.05) is 0 Å². The normalized spacial score (nSPS) is 51.7. The molecule has 0 aromatic rings. The lowest BCUT2D eigenvalue weighted by atomic mass is 9.98. The zero-order valence-electron chi connectivity index (χ0n) is 12.7. The van der Waals surface area contributed by atoms with Gasteiger partial charge in [-0.1, -0.05) is 0 Å². The highest BCUT2D eigenvalue weighted by molar-refractivity contribution is 4.93. The minimum atomic E-state index is -1.99. The molecule has 0 amide bonds. The number of rotatable bonds is 4. The molecule has 0 aliphatic carbocycles. The Hall–Kier alpha value is -0.430. The second-order valence-electron chi connectivity index (χ2n) is 5.68. The van der Waals surface area contributed by atoms with Crippen LogP contribution in [0, 0.1) is 0 Å². The standard InChI is InChI=1S/C13H23FO9/c1-4-7(16)9(18)10(19)12(21-4)23-11-6(14)8(17)5(3-15)22-13(11)20-2/h4-13,15-19H,3H2,1-2H3/t4-,5+,6-,7-,8-,9+,10+,11+,12-,13-/m0/s1. The Labute approximate surface area is 132 Å². The van der Waals surface area contributed by atoms with Crippen molar-refractivity contribution in [2.75, 3.05) is 13.7 Å². The van der Waals surface area contributed by atoms with E-state index in [1.54, 1.807) is 0 Å². The Morgan fingerprint density at radius 2 is 1.61 bits per heavy atom. The molecule has 10 heteroatoms. The Morgan fingerprint density at radius 1 is 0.957 bits per heavy atom. The number of alkyl halides is 1. The van der Waals surface area contributed by atoms with Crippen molar-refractivity contribution in [2.24, 2.45) is 0 Å². The van der Waals surface area contributed by atoms with Gasteiger partial charge in [0.1, 0.15) is 36.6 Å². The molecule has 2 aliphatic heterocycles. The summed E-state index contributed by atoms with van der Waals surface area (Å²) in [6.07, 6.45) is -14.4. The number of hydrogen-bond acceptors (Lipinski definition) is 9. The van der Waals surface area contributed by atoms with Gasteiger partial charge in [0.15, 0.2) is 18.8 Å². The fourth-order valence-corrected chi connectivity index (χ4v) is 2.64. The van der Waals surface area contributed by atoms with Gasteiger partial charge in [0.2, 0.25) is 0 Å². The molecule has 2 rings (SSSR count). The maximum absolute atomic E-state index is 14.4. The van der Waals surface area contributed by atoms with Crippen LogP contribution in [0.1, 0.15) is 6.92 Å². The second-order valence-corrected chi connectivity index (χ2v) is 5.68. The van der Waals surface area contributed by atoms with Gasteiger partial charge in [-0.25, -0.2) is 4.39 Å². The third kappa shape index (κ3) is 3.65. The lowest BCUT2D eigenvalue weighted by molar-refractivity contribution is -0.356. The minimum absolute atomic E-state index is 0.612. The summed E-state index contributed by atoms with van der Waals surface area (Å²) in [6, 6.07) is 0. The van der Waals surface area contributed by atoms with Crippen LogP contribution in [0.25, 0.3) is 0 Å². The van der Waals surface area contributed by atoms with Crippen molar-refractivity contribution in [2.45, 2.75) is 68.4 Å². The molecule has 2 aliphatic rings. The largest absolute Gasteiger partial charge is 0.394 e. The highest BCUT2D eigenvalue weighted by atomic mass is 19.1. The number of hydrogen-bond donors (Lipinski definition) is 5. The summed E-state index contributed by atoms with van der Waals surface area (Å²) in [5.41, 5.74) is 0. The van der Waals surface area contributed by atoms with Gasteiger partial charge in [-0.05, 0) is 6.92 Å². The van der Waals surface area contributed by atoms with E-state index in [-0.39, 0.29) is 0 Å². The van der Waals surface area contributed by atoms with E-state index in [1.165, 1.54) is 14.0 Å². The highest BCUT2D eigenvalue weighted by Gasteiger charge is 2.50. The molecule has 2 fully saturated rings. The molecule has 0 spiro atoms. The molecule has 23 heavy (non-hydrogen) atoms. The van der Waals surface area contributed by atoms with E-state index >= 15 is 0 Å². The number of halogens is 1. The van der Waals surface area contributed by atoms with Gasteiger partial charge < -0.3 is 44.5 Å². The zero-order chi connectivity index (χ0) is 17.3. The predicted octanol–water partition coefficient (Wildman–Crippen LogP) is -2.74. The first-order valence-corrected chi connectivity index (χ1v) is 7.28. The van der Waals surface area contributed by atoms with Crippen LogP contribution in [-0.2, 0) is 18.9 Å². The van der Waals surface area contributed by atoms with E-state index < -0.39 is 68.1 Å². The SMILES string of the molecule is CO[C@H]1O[C@H](CO)[C@H](O)[C@H](F)[C@H]1O[C@@H]1O[C@@H](C)[C@H](O)[C@@H](O)[C@H]1O.